The van der Waals surface area contributed by atoms with Crippen LogP contribution in [0.5, 0.6) is 0 Å². The molecule has 1 fully saturated rings. The van der Waals surface area contributed by atoms with Crippen molar-refractivity contribution in [3.05, 3.63) is 11.8 Å². The SMILES string of the molecule is CCOC(=O)N1CCC(N/C=C(/C#N)C(=O)NCCCOC)CC1. The smallest absolute Gasteiger partial charge is 0.409 e. The number of methoxy groups -OCH3 is 1. The molecule has 0 unspecified atom stereocenters. The van der Waals surface area contributed by atoms with Crippen LogP contribution in [0.3, 0.4) is 0 Å². The molecule has 0 aromatic rings. The minimum atomic E-state index is -0.398. The predicted octanol–water partition coefficient (Wildman–Crippen LogP) is 0.757. The number of piperidine rings is 1. The highest BCUT2D eigenvalue weighted by molar-refractivity contribution is 5.97. The van der Waals surface area contributed by atoms with Crippen LogP contribution in [0.15, 0.2) is 11.8 Å². The van der Waals surface area contributed by atoms with Gasteiger partial charge in [0.1, 0.15) is 11.6 Å². The Kier molecular flexibility index (Phi) is 9.31. The molecule has 1 aliphatic rings. The van der Waals surface area contributed by atoms with Crippen molar-refractivity contribution in [2.75, 3.05) is 40.0 Å². The molecule has 8 heteroatoms. The fraction of sp³-hybridized carbons (Fsp3) is 0.688. The van der Waals surface area contributed by atoms with Gasteiger partial charge in [0.25, 0.3) is 5.91 Å². The van der Waals surface area contributed by atoms with Gasteiger partial charge < -0.3 is 25.0 Å². The normalized spacial score (nSPS) is 15.5. The largest absolute Gasteiger partial charge is 0.450 e. The number of amides is 2. The second-order valence-corrected chi connectivity index (χ2v) is 5.40. The van der Waals surface area contributed by atoms with E-state index in [0.29, 0.717) is 39.3 Å². The first kappa shape index (κ1) is 19.8. The summed E-state index contributed by atoms with van der Waals surface area (Å²) in [6.07, 6.45) is 3.34. The van der Waals surface area contributed by atoms with Gasteiger partial charge in [-0.2, -0.15) is 5.26 Å². The summed E-state index contributed by atoms with van der Waals surface area (Å²) in [5.41, 5.74) is 0.0419. The number of nitrogens with zero attached hydrogens (tertiary/aromatic N) is 2. The average molecular weight is 338 g/mol. The second kappa shape index (κ2) is 11.3. The van der Waals surface area contributed by atoms with Gasteiger partial charge in [-0.25, -0.2) is 4.79 Å². The number of rotatable bonds is 8. The number of hydrogen-bond acceptors (Lipinski definition) is 6. The fourth-order valence-corrected chi connectivity index (χ4v) is 2.31. The van der Waals surface area contributed by atoms with Crippen LogP contribution < -0.4 is 10.6 Å². The first-order valence-electron chi connectivity index (χ1n) is 8.17. The Bertz CT molecular complexity index is 479. The van der Waals surface area contributed by atoms with E-state index in [9.17, 15) is 9.59 Å². The van der Waals surface area contributed by atoms with E-state index in [-0.39, 0.29) is 17.7 Å². The lowest BCUT2D eigenvalue weighted by atomic mass is 10.1. The molecule has 0 saturated carbocycles. The van der Waals surface area contributed by atoms with Gasteiger partial charge in [-0.05, 0) is 26.2 Å². The van der Waals surface area contributed by atoms with Crippen molar-refractivity contribution < 1.29 is 19.1 Å². The molecule has 24 heavy (non-hydrogen) atoms. The minimum Gasteiger partial charge on any atom is -0.450 e. The highest BCUT2D eigenvalue weighted by atomic mass is 16.6. The molecule has 1 aliphatic heterocycles. The van der Waals surface area contributed by atoms with Crippen molar-refractivity contribution in [2.24, 2.45) is 0 Å². The van der Waals surface area contributed by atoms with Gasteiger partial charge in [-0.15, -0.1) is 0 Å². The second-order valence-electron chi connectivity index (χ2n) is 5.40. The van der Waals surface area contributed by atoms with E-state index < -0.39 is 5.91 Å². The van der Waals surface area contributed by atoms with Crippen LogP contribution in [0.25, 0.3) is 0 Å². The van der Waals surface area contributed by atoms with E-state index in [1.807, 2.05) is 6.07 Å². The van der Waals surface area contributed by atoms with Crippen LogP contribution >= 0.6 is 0 Å². The summed E-state index contributed by atoms with van der Waals surface area (Å²) >= 11 is 0. The van der Waals surface area contributed by atoms with E-state index in [1.54, 1.807) is 18.9 Å². The molecular weight excluding hydrogens is 312 g/mol. The molecular formula is C16H26N4O4. The maximum atomic E-state index is 11.9. The maximum absolute atomic E-state index is 11.9. The lowest BCUT2D eigenvalue weighted by Crippen LogP contribution is -2.44. The number of ether oxygens (including phenoxy) is 2. The van der Waals surface area contributed by atoms with Crippen LogP contribution in [-0.4, -0.2) is 62.9 Å². The number of carbonyl (C=O) groups excluding carboxylic acids is 2. The zero-order valence-corrected chi connectivity index (χ0v) is 14.3. The molecule has 0 aromatic heterocycles. The third kappa shape index (κ3) is 6.87. The fourth-order valence-electron chi connectivity index (χ4n) is 2.31. The molecule has 0 spiro atoms. The molecule has 1 saturated heterocycles. The molecule has 2 amide bonds. The van der Waals surface area contributed by atoms with Gasteiger partial charge in [0.15, 0.2) is 0 Å². The zero-order valence-electron chi connectivity index (χ0n) is 14.3. The standard InChI is InChI=1S/C16H26N4O4/c1-3-24-16(22)20-8-5-14(6-9-20)19-12-13(11-17)15(21)18-7-4-10-23-2/h12,14,19H,3-10H2,1-2H3,(H,18,21)/b13-12-. The maximum Gasteiger partial charge on any atom is 0.409 e. The Morgan fingerprint density at radius 2 is 2.08 bits per heavy atom. The molecule has 0 radical (unpaired) electrons. The van der Waals surface area contributed by atoms with Gasteiger partial charge in [-0.3, -0.25) is 4.79 Å². The van der Waals surface area contributed by atoms with Gasteiger partial charge in [0.2, 0.25) is 0 Å². The minimum absolute atomic E-state index is 0.0419. The van der Waals surface area contributed by atoms with Crippen molar-refractivity contribution in [3.8, 4) is 6.07 Å². The summed E-state index contributed by atoms with van der Waals surface area (Å²) in [7, 11) is 1.60. The van der Waals surface area contributed by atoms with Crippen molar-refractivity contribution in [1.29, 1.82) is 5.26 Å². The molecule has 0 bridgehead atoms. The Hall–Kier alpha value is -2.27. The zero-order chi connectivity index (χ0) is 17.8. The number of nitrogens with one attached hydrogen (secondary N) is 2. The van der Waals surface area contributed by atoms with E-state index >= 15 is 0 Å². The highest BCUT2D eigenvalue weighted by Gasteiger charge is 2.23. The summed E-state index contributed by atoms with van der Waals surface area (Å²) in [5, 5.41) is 14.9. The van der Waals surface area contributed by atoms with Crippen LogP contribution in [0.4, 0.5) is 4.79 Å². The average Bonchev–Trinajstić information content (AvgIpc) is 2.60. The molecule has 134 valence electrons. The number of nitriles is 1. The summed E-state index contributed by atoms with van der Waals surface area (Å²) in [4.78, 5) is 25.2. The van der Waals surface area contributed by atoms with Crippen LogP contribution in [0, 0.1) is 11.3 Å². The highest BCUT2D eigenvalue weighted by Crippen LogP contribution is 2.11. The number of hydrogen-bond donors (Lipinski definition) is 2. The topological polar surface area (TPSA) is 104 Å². The third-order valence-electron chi connectivity index (χ3n) is 3.66. The summed E-state index contributed by atoms with van der Waals surface area (Å²) in [5.74, 6) is -0.398. The molecule has 8 nitrogen and oxygen atoms in total. The first-order chi connectivity index (χ1) is 11.6. The summed E-state index contributed by atoms with van der Waals surface area (Å²) < 4.78 is 9.87. The Balaban J connectivity index is 2.37. The summed E-state index contributed by atoms with van der Waals surface area (Å²) in [6, 6.07) is 2.02. The van der Waals surface area contributed by atoms with E-state index in [2.05, 4.69) is 10.6 Å². The third-order valence-corrected chi connectivity index (χ3v) is 3.66. The van der Waals surface area contributed by atoms with Crippen molar-refractivity contribution in [3.63, 3.8) is 0 Å². The lowest BCUT2D eigenvalue weighted by molar-refractivity contribution is -0.117. The molecule has 2 N–H and O–H groups in total. The number of likely N-dealkylation sites (tertiary alicyclic amines) is 1. The molecule has 1 rings (SSSR count). The molecule has 1 heterocycles. The monoisotopic (exact) mass is 338 g/mol. The summed E-state index contributed by atoms with van der Waals surface area (Å²) in [6.45, 7) is 4.35. The quantitative estimate of drug-likeness (QED) is 0.385. The molecule has 0 atom stereocenters. The van der Waals surface area contributed by atoms with Gasteiger partial charge >= 0.3 is 6.09 Å². The number of carbonyl (C=O) groups is 2. The van der Waals surface area contributed by atoms with E-state index in [0.717, 1.165) is 12.8 Å². The van der Waals surface area contributed by atoms with E-state index in [1.165, 1.54) is 6.20 Å². The molecule has 0 aromatic carbocycles. The van der Waals surface area contributed by atoms with Crippen molar-refractivity contribution >= 4 is 12.0 Å². The van der Waals surface area contributed by atoms with Crippen LogP contribution in [0.1, 0.15) is 26.2 Å². The molecule has 0 aliphatic carbocycles. The van der Waals surface area contributed by atoms with E-state index in [4.69, 9.17) is 14.7 Å². The Labute approximate surface area is 142 Å². The predicted molar refractivity (Wildman–Crippen MR) is 88.0 cm³/mol. The van der Waals surface area contributed by atoms with Gasteiger partial charge in [0, 0.05) is 45.6 Å². The van der Waals surface area contributed by atoms with Gasteiger partial charge in [-0.1, -0.05) is 0 Å². The van der Waals surface area contributed by atoms with Gasteiger partial charge in [0.05, 0.1) is 6.61 Å². The Morgan fingerprint density at radius 3 is 2.67 bits per heavy atom. The Morgan fingerprint density at radius 1 is 1.38 bits per heavy atom. The first-order valence-corrected chi connectivity index (χ1v) is 8.17. The van der Waals surface area contributed by atoms with Crippen molar-refractivity contribution in [1.82, 2.24) is 15.5 Å². The lowest BCUT2D eigenvalue weighted by Gasteiger charge is -2.31. The van der Waals surface area contributed by atoms with Crippen LogP contribution in [0.2, 0.25) is 0 Å². The van der Waals surface area contributed by atoms with Crippen molar-refractivity contribution in [2.45, 2.75) is 32.2 Å². The van der Waals surface area contributed by atoms with Crippen LogP contribution in [-0.2, 0) is 14.3 Å².